The normalized spacial score (nSPS) is 14.6. The average molecular weight is 674 g/mol. The standard InChI is InChI=1S/C23H49NO11P2S3/c1-36(26,38)33-20-18-31-16-14-29-12-10-28-11-13-30-15-17-32-19-21-35-37(27,39)34-9-6-4-3-5-8-24-23(25)7-22-40-2/h3-22H2,1-2H3,(H,24,25)(H,26,38)(H,27,39). The molecule has 2 atom stereocenters. The van der Waals surface area contributed by atoms with Crippen molar-refractivity contribution in [2.75, 3.05) is 111 Å². The van der Waals surface area contributed by atoms with E-state index in [0.29, 0.717) is 79.0 Å². The Hall–Kier alpha value is 0.690. The van der Waals surface area contributed by atoms with Crippen molar-refractivity contribution in [3.63, 3.8) is 0 Å². The van der Waals surface area contributed by atoms with Crippen molar-refractivity contribution in [1.82, 2.24) is 5.32 Å². The summed E-state index contributed by atoms with van der Waals surface area (Å²) < 4.78 is 53.6. The summed E-state index contributed by atoms with van der Waals surface area (Å²) in [5, 5.41) is 2.90. The van der Waals surface area contributed by atoms with Crippen LogP contribution in [0, 0.1) is 0 Å². The number of unbranched alkanes of at least 4 members (excludes halogenated alkanes) is 3. The smallest absolute Gasteiger partial charge is 0.324 e. The second kappa shape index (κ2) is 28.5. The molecular weight excluding hydrogens is 624 g/mol. The minimum absolute atomic E-state index is 0.0972. The van der Waals surface area contributed by atoms with Crippen LogP contribution in [-0.2, 0) is 58.4 Å². The first-order chi connectivity index (χ1) is 19.2. The molecule has 17 heteroatoms. The Morgan fingerprint density at radius 3 is 1.65 bits per heavy atom. The van der Waals surface area contributed by atoms with Gasteiger partial charge in [-0.05, 0) is 30.9 Å². The SMILES string of the molecule is CSCCC(=O)NCCCCCCOP(O)(=S)OCCOCCOCCOCCOCCOCCOP(C)(=O)S. The largest absolute Gasteiger partial charge is 0.377 e. The van der Waals surface area contributed by atoms with Gasteiger partial charge in [0.2, 0.25) is 5.91 Å². The van der Waals surface area contributed by atoms with Gasteiger partial charge in [0.25, 0.3) is 6.57 Å². The molecule has 0 aromatic rings. The van der Waals surface area contributed by atoms with Gasteiger partial charge in [-0.1, -0.05) is 25.1 Å². The number of nitrogens with one attached hydrogen (secondary N) is 1. The Balaban J connectivity index is 3.33. The maximum Gasteiger partial charge on any atom is 0.324 e. The summed E-state index contributed by atoms with van der Waals surface area (Å²) >= 11 is 10.5. The highest BCUT2D eigenvalue weighted by Gasteiger charge is 2.14. The molecule has 0 rings (SSSR count). The summed E-state index contributed by atoms with van der Waals surface area (Å²) in [6.07, 6.45) is 6.11. The first-order valence-corrected chi connectivity index (χ1v) is 20.6. The van der Waals surface area contributed by atoms with Crippen molar-refractivity contribution in [2.45, 2.75) is 32.1 Å². The van der Waals surface area contributed by atoms with Crippen LogP contribution in [0.5, 0.6) is 0 Å². The molecule has 0 bridgehead atoms. The molecule has 0 heterocycles. The Bertz CT molecular complexity index is 692. The Morgan fingerprint density at radius 2 is 1.18 bits per heavy atom. The van der Waals surface area contributed by atoms with Crippen LogP contribution >= 0.6 is 37.3 Å². The van der Waals surface area contributed by atoms with Gasteiger partial charge in [0.1, 0.15) is 0 Å². The zero-order chi connectivity index (χ0) is 29.8. The van der Waals surface area contributed by atoms with E-state index >= 15 is 0 Å². The van der Waals surface area contributed by atoms with E-state index in [-0.39, 0.29) is 25.7 Å². The predicted molar refractivity (Wildman–Crippen MR) is 165 cm³/mol. The van der Waals surface area contributed by atoms with E-state index in [4.69, 9.17) is 49.1 Å². The van der Waals surface area contributed by atoms with E-state index in [1.165, 1.54) is 6.66 Å². The van der Waals surface area contributed by atoms with Gasteiger partial charge in [-0.25, -0.2) is 0 Å². The molecule has 0 aromatic carbocycles. The average Bonchev–Trinajstić information content (AvgIpc) is 2.89. The Morgan fingerprint density at radius 1 is 0.750 bits per heavy atom. The van der Waals surface area contributed by atoms with Gasteiger partial charge < -0.3 is 47.5 Å². The van der Waals surface area contributed by atoms with Gasteiger partial charge >= 0.3 is 6.72 Å². The van der Waals surface area contributed by atoms with E-state index in [0.717, 1.165) is 31.4 Å². The van der Waals surface area contributed by atoms with Crippen LogP contribution in [0.3, 0.4) is 0 Å². The highest BCUT2D eigenvalue weighted by molar-refractivity contribution is 8.46. The van der Waals surface area contributed by atoms with Gasteiger partial charge in [-0.2, -0.15) is 11.8 Å². The van der Waals surface area contributed by atoms with Crippen LogP contribution in [0.25, 0.3) is 0 Å². The second-order valence-corrected chi connectivity index (χ2v) is 16.2. The van der Waals surface area contributed by atoms with Crippen molar-refractivity contribution in [1.29, 1.82) is 0 Å². The predicted octanol–water partition coefficient (Wildman–Crippen LogP) is 3.52. The maximum atomic E-state index is 11.5. The third-order valence-electron chi connectivity index (χ3n) is 4.71. The molecule has 2 N–H and O–H groups in total. The molecule has 1 amide bonds. The van der Waals surface area contributed by atoms with Crippen LogP contribution < -0.4 is 5.32 Å². The van der Waals surface area contributed by atoms with Gasteiger partial charge in [0, 0.05) is 25.4 Å². The third-order valence-corrected chi connectivity index (χ3v) is 7.98. The molecule has 0 spiro atoms. The lowest BCUT2D eigenvalue weighted by Gasteiger charge is -2.15. The highest BCUT2D eigenvalue weighted by Crippen LogP contribution is 2.47. The molecular formula is C23H49NO11P2S3. The number of hydrogen-bond acceptors (Lipinski definition) is 12. The van der Waals surface area contributed by atoms with Gasteiger partial charge in [-0.15, -0.1) is 0 Å². The molecule has 12 nitrogen and oxygen atoms in total. The number of carbonyl (C=O) groups excluding carboxylic acids is 1. The monoisotopic (exact) mass is 673 g/mol. The molecule has 0 aliphatic rings. The lowest BCUT2D eigenvalue weighted by Crippen LogP contribution is -2.24. The summed E-state index contributed by atoms with van der Waals surface area (Å²) in [7, 11) is 0. The molecule has 0 fully saturated rings. The van der Waals surface area contributed by atoms with Crippen molar-refractivity contribution in [2.24, 2.45) is 0 Å². The first kappa shape index (κ1) is 40.7. The van der Waals surface area contributed by atoms with E-state index in [2.05, 4.69) is 17.6 Å². The Labute approximate surface area is 254 Å². The van der Waals surface area contributed by atoms with Crippen molar-refractivity contribution >= 4 is 55.0 Å². The topological polar surface area (TPSA) is 140 Å². The minimum Gasteiger partial charge on any atom is -0.377 e. The quantitative estimate of drug-likeness (QED) is 0.0562. The van der Waals surface area contributed by atoms with Gasteiger partial charge in [0.05, 0.1) is 85.9 Å². The van der Waals surface area contributed by atoms with Crippen LogP contribution in [0.4, 0.5) is 0 Å². The highest BCUT2D eigenvalue weighted by atomic mass is 32.7. The summed E-state index contributed by atoms with van der Waals surface area (Å²) in [4.78, 5) is 21.6. The fraction of sp³-hybridized carbons (Fsp3) is 0.957. The Kier molecular flexibility index (Phi) is 29.0. The lowest BCUT2D eigenvalue weighted by molar-refractivity contribution is -0.120. The van der Waals surface area contributed by atoms with E-state index in [9.17, 15) is 14.3 Å². The summed E-state index contributed by atoms with van der Waals surface area (Å²) in [5.74, 6) is 0.939. The third kappa shape index (κ3) is 33.2. The number of carbonyl (C=O) groups is 1. The van der Waals surface area contributed by atoms with Gasteiger partial charge in [-0.3, -0.25) is 9.36 Å². The number of amides is 1. The zero-order valence-corrected chi connectivity index (χ0v) is 28.1. The molecule has 2 unspecified atom stereocenters. The van der Waals surface area contributed by atoms with Gasteiger partial charge in [0.15, 0.2) is 0 Å². The fourth-order valence-electron chi connectivity index (χ4n) is 2.77. The van der Waals surface area contributed by atoms with E-state index in [1.807, 2.05) is 6.26 Å². The number of thiol groups is 1. The minimum atomic E-state index is -3.26. The number of hydrogen-bond donors (Lipinski definition) is 3. The number of thioether (sulfide) groups is 1. The van der Waals surface area contributed by atoms with Crippen LogP contribution in [-0.4, -0.2) is 122 Å². The first-order valence-electron chi connectivity index (χ1n) is 13.4. The van der Waals surface area contributed by atoms with E-state index in [1.54, 1.807) is 11.8 Å². The van der Waals surface area contributed by atoms with Crippen LogP contribution in [0.15, 0.2) is 0 Å². The molecule has 0 saturated carbocycles. The molecule has 240 valence electrons. The summed E-state index contributed by atoms with van der Waals surface area (Å²) in [6, 6.07) is 0. The molecule has 0 radical (unpaired) electrons. The number of rotatable bonds is 31. The van der Waals surface area contributed by atoms with Crippen molar-refractivity contribution in [3.8, 4) is 0 Å². The van der Waals surface area contributed by atoms with Crippen molar-refractivity contribution in [3.05, 3.63) is 0 Å². The second-order valence-electron chi connectivity index (χ2n) is 8.34. The summed E-state index contributed by atoms with van der Waals surface area (Å²) in [5.41, 5.74) is 0. The van der Waals surface area contributed by atoms with E-state index < -0.39 is 13.3 Å². The zero-order valence-electron chi connectivity index (χ0n) is 23.8. The summed E-state index contributed by atoms with van der Waals surface area (Å²) in [6.45, 7) is 0.853. The number of ether oxygens (including phenoxy) is 5. The molecule has 0 aliphatic carbocycles. The maximum absolute atomic E-state index is 11.5. The molecule has 0 aliphatic heterocycles. The fourth-order valence-corrected chi connectivity index (χ4v) is 5.00. The lowest BCUT2D eigenvalue weighted by atomic mass is 10.2. The van der Waals surface area contributed by atoms with Crippen LogP contribution in [0.2, 0.25) is 0 Å². The molecule has 0 aromatic heterocycles. The van der Waals surface area contributed by atoms with Crippen LogP contribution in [0.1, 0.15) is 32.1 Å². The van der Waals surface area contributed by atoms with Crippen molar-refractivity contribution < 1.29 is 51.5 Å². The molecule has 0 saturated heterocycles. The molecule has 40 heavy (non-hydrogen) atoms.